The van der Waals surface area contributed by atoms with Crippen molar-refractivity contribution in [3.05, 3.63) is 0 Å². The molecule has 0 aromatic rings. The number of carbonyl (C=O) groups excluding carboxylic acids is 1. The quantitative estimate of drug-likeness (QED) is 0.682. The second kappa shape index (κ2) is 4.97. The van der Waals surface area contributed by atoms with E-state index in [9.17, 15) is 4.79 Å². The number of aliphatic hydroxyl groups is 1. The summed E-state index contributed by atoms with van der Waals surface area (Å²) in [4.78, 5) is 13.9. The highest BCUT2D eigenvalue weighted by Crippen LogP contribution is 2.52. The van der Waals surface area contributed by atoms with Gasteiger partial charge in [-0.15, -0.1) is 0 Å². The molecule has 88 valence electrons. The molecule has 3 heteroatoms. The standard InChI is InChI=1S/C12H23NO2/c1-4-13(7-5-6-8-14)11(15)10-9-12(10,2)3/h10,14H,4-9H2,1-3H3. The number of hydrogen-bond donors (Lipinski definition) is 1. The number of unbranched alkanes of at least 4 members (excludes halogenated alkanes) is 1. The summed E-state index contributed by atoms with van der Waals surface area (Å²) in [6.07, 6.45) is 2.73. The highest BCUT2D eigenvalue weighted by molar-refractivity contribution is 5.82. The monoisotopic (exact) mass is 213 g/mol. The van der Waals surface area contributed by atoms with Crippen molar-refractivity contribution in [2.75, 3.05) is 19.7 Å². The maximum Gasteiger partial charge on any atom is 0.226 e. The molecule has 3 nitrogen and oxygen atoms in total. The van der Waals surface area contributed by atoms with Crippen molar-refractivity contribution in [3.63, 3.8) is 0 Å². The largest absolute Gasteiger partial charge is 0.396 e. The molecule has 0 aliphatic heterocycles. The molecule has 1 atom stereocenters. The average molecular weight is 213 g/mol. The Morgan fingerprint density at radius 2 is 2.07 bits per heavy atom. The Morgan fingerprint density at radius 1 is 1.47 bits per heavy atom. The Morgan fingerprint density at radius 3 is 2.47 bits per heavy atom. The SMILES string of the molecule is CCN(CCCCO)C(=O)C1CC1(C)C. The van der Waals surface area contributed by atoms with E-state index in [2.05, 4.69) is 13.8 Å². The highest BCUT2D eigenvalue weighted by atomic mass is 16.3. The third-order valence-electron chi connectivity index (χ3n) is 3.34. The molecule has 1 fully saturated rings. The van der Waals surface area contributed by atoms with Gasteiger partial charge in [-0.3, -0.25) is 4.79 Å². The van der Waals surface area contributed by atoms with Crippen molar-refractivity contribution in [3.8, 4) is 0 Å². The summed E-state index contributed by atoms with van der Waals surface area (Å²) in [6, 6.07) is 0. The first-order valence-electron chi connectivity index (χ1n) is 5.92. The maximum absolute atomic E-state index is 12.0. The van der Waals surface area contributed by atoms with Gasteiger partial charge in [0.2, 0.25) is 5.91 Å². The van der Waals surface area contributed by atoms with Crippen molar-refractivity contribution in [2.24, 2.45) is 11.3 Å². The summed E-state index contributed by atoms with van der Waals surface area (Å²) in [5.74, 6) is 0.548. The minimum atomic E-state index is 0.223. The van der Waals surface area contributed by atoms with E-state index in [4.69, 9.17) is 5.11 Å². The molecular formula is C12H23NO2. The van der Waals surface area contributed by atoms with E-state index < -0.39 is 0 Å². The van der Waals surface area contributed by atoms with Gasteiger partial charge in [0.25, 0.3) is 0 Å². The predicted molar refractivity (Wildman–Crippen MR) is 60.5 cm³/mol. The maximum atomic E-state index is 12.0. The summed E-state index contributed by atoms with van der Waals surface area (Å²) in [5, 5.41) is 8.69. The highest BCUT2D eigenvalue weighted by Gasteiger charge is 2.51. The lowest BCUT2D eigenvalue weighted by molar-refractivity contribution is -0.133. The Labute approximate surface area is 92.5 Å². The fraction of sp³-hybridized carbons (Fsp3) is 0.917. The molecule has 1 N–H and O–H groups in total. The van der Waals surface area contributed by atoms with Crippen LogP contribution in [0.1, 0.15) is 40.0 Å². The van der Waals surface area contributed by atoms with Gasteiger partial charge in [0.1, 0.15) is 0 Å². The number of nitrogens with zero attached hydrogens (tertiary/aromatic N) is 1. The molecule has 1 rings (SSSR count). The second-order valence-corrected chi connectivity index (χ2v) is 5.09. The zero-order chi connectivity index (χ0) is 11.5. The van der Waals surface area contributed by atoms with Crippen molar-refractivity contribution in [1.82, 2.24) is 4.90 Å². The van der Waals surface area contributed by atoms with E-state index in [0.29, 0.717) is 5.91 Å². The summed E-state index contributed by atoms with van der Waals surface area (Å²) < 4.78 is 0. The smallest absolute Gasteiger partial charge is 0.226 e. The molecule has 0 aromatic heterocycles. The fourth-order valence-electron chi connectivity index (χ4n) is 1.95. The third-order valence-corrected chi connectivity index (χ3v) is 3.34. The number of amides is 1. The Hall–Kier alpha value is -0.570. The minimum Gasteiger partial charge on any atom is -0.396 e. The first kappa shape index (κ1) is 12.5. The molecule has 1 unspecified atom stereocenters. The second-order valence-electron chi connectivity index (χ2n) is 5.09. The van der Waals surface area contributed by atoms with Gasteiger partial charge < -0.3 is 10.0 Å². The van der Waals surface area contributed by atoms with E-state index >= 15 is 0 Å². The van der Waals surface area contributed by atoms with Gasteiger partial charge >= 0.3 is 0 Å². The van der Waals surface area contributed by atoms with E-state index in [1.807, 2.05) is 11.8 Å². The summed E-state index contributed by atoms with van der Waals surface area (Å²) in [5.41, 5.74) is 0.224. The van der Waals surface area contributed by atoms with Crippen LogP contribution in [0.4, 0.5) is 0 Å². The lowest BCUT2D eigenvalue weighted by atomic mass is 10.1. The Kier molecular flexibility index (Phi) is 4.14. The van der Waals surface area contributed by atoms with Crippen molar-refractivity contribution in [2.45, 2.75) is 40.0 Å². The normalized spacial score (nSPS) is 22.5. The molecular weight excluding hydrogens is 190 g/mol. The van der Waals surface area contributed by atoms with Gasteiger partial charge in [0, 0.05) is 25.6 Å². The average Bonchev–Trinajstić information content (AvgIpc) is 2.82. The van der Waals surface area contributed by atoms with Crippen LogP contribution in [0, 0.1) is 11.3 Å². The molecule has 1 aliphatic carbocycles. The fourth-order valence-corrected chi connectivity index (χ4v) is 1.95. The number of carbonyl (C=O) groups is 1. The lowest BCUT2D eigenvalue weighted by Crippen LogP contribution is -2.34. The summed E-state index contributed by atoms with van der Waals surface area (Å²) in [7, 11) is 0. The van der Waals surface area contributed by atoms with Crippen molar-refractivity contribution >= 4 is 5.91 Å². The van der Waals surface area contributed by atoms with Crippen LogP contribution in [0.5, 0.6) is 0 Å². The van der Waals surface area contributed by atoms with Crippen LogP contribution in [0.2, 0.25) is 0 Å². The van der Waals surface area contributed by atoms with Gasteiger partial charge in [-0.05, 0) is 31.6 Å². The Balaban J connectivity index is 2.35. The molecule has 15 heavy (non-hydrogen) atoms. The summed E-state index contributed by atoms with van der Waals surface area (Å²) >= 11 is 0. The number of hydrogen-bond acceptors (Lipinski definition) is 2. The van der Waals surface area contributed by atoms with Crippen LogP contribution in [-0.2, 0) is 4.79 Å². The van der Waals surface area contributed by atoms with Crippen LogP contribution in [0.25, 0.3) is 0 Å². The zero-order valence-corrected chi connectivity index (χ0v) is 10.1. The van der Waals surface area contributed by atoms with Crippen molar-refractivity contribution < 1.29 is 9.90 Å². The predicted octanol–water partition coefficient (Wildman–Crippen LogP) is 1.65. The Bertz CT molecular complexity index is 226. The zero-order valence-electron chi connectivity index (χ0n) is 10.1. The van der Waals surface area contributed by atoms with E-state index in [0.717, 1.165) is 32.4 Å². The molecule has 0 saturated heterocycles. The van der Waals surface area contributed by atoms with Gasteiger partial charge in [-0.25, -0.2) is 0 Å². The van der Waals surface area contributed by atoms with E-state index in [-0.39, 0.29) is 17.9 Å². The van der Waals surface area contributed by atoms with Crippen LogP contribution in [0.15, 0.2) is 0 Å². The molecule has 0 aromatic carbocycles. The van der Waals surface area contributed by atoms with Crippen LogP contribution in [0.3, 0.4) is 0 Å². The van der Waals surface area contributed by atoms with Gasteiger partial charge in [0.05, 0.1) is 0 Å². The molecule has 1 aliphatic rings. The van der Waals surface area contributed by atoms with E-state index in [1.54, 1.807) is 0 Å². The third kappa shape index (κ3) is 3.20. The molecule has 0 heterocycles. The minimum absolute atomic E-state index is 0.223. The van der Waals surface area contributed by atoms with Crippen LogP contribution in [-0.4, -0.2) is 35.6 Å². The number of rotatable bonds is 6. The molecule has 0 spiro atoms. The molecule has 1 amide bonds. The first-order chi connectivity index (χ1) is 7.03. The molecule has 1 saturated carbocycles. The van der Waals surface area contributed by atoms with Crippen LogP contribution >= 0.6 is 0 Å². The van der Waals surface area contributed by atoms with Crippen molar-refractivity contribution in [1.29, 1.82) is 0 Å². The van der Waals surface area contributed by atoms with Gasteiger partial charge in [0.15, 0.2) is 0 Å². The van der Waals surface area contributed by atoms with Gasteiger partial charge in [-0.1, -0.05) is 13.8 Å². The molecule has 0 radical (unpaired) electrons. The topological polar surface area (TPSA) is 40.5 Å². The summed E-state index contributed by atoms with van der Waals surface area (Å²) in [6.45, 7) is 8.13. The number of aliphatic hydroxyl groups excluding tert-OH is 1. The molecule has 0 bridgehead atoms. The lowest BCUT2D eigenvalue weighted by Gasteiger charge is -2.21. The first-order valence-corrected chi connectivity index (χ1v) is 5.92. The van der Waals surface area contributed by atoms with E-state index in [1.165, 1.54) is 0 Å². The van der Waals surface area contributed by atoms with Crippen LogP contribution < -0.4 is 0 Å². The van der Waals surface area contributed by atoms with Gasteiger partial charge in [-0.2, -0.15) is 0 Å².